The molecule has 1 atom stereocenters. The Morgan fingerprint density at radius 1 is 0.926 bits per heavy atom. The van der Waals surface area contributed by atoms with Crippen molar-refractivity contribution in [2.24, 2.45) is 0 Å². The van der Waals surface area contributed by atoms with Crippen molar-refractivity contribution in [2.45, 2.75) is 32.8 Å². The molecule has 0 spiro atoms. The maximum Gasteiger partial charge on any atom is 0.307 e. The van der Waals surface area contributed by atoms with Gasteiger partial charge in [0.25, 0.3) is 5.91 Å². The summed E-state index contributed by atoms with van der Waals surface area (Å²) in [5.41, 5.74) is 1.44. The lowest BCUT2D eigenvalue weighted by Gasteiger charge is -2.14. The van der Waals surface area contributed by atoms with Crippen LogP contribution in [0.15, 0.2) is 54.6 Å². The molecule has 6 nitrogen and oxygen atoms in total. The Labute approximate surface area is 157 Å². The van der Waals surface area contributed by atoms with Gasteiger partial charge in [-0.3, -0.25) is 19.2 Å². The van der Waals surface area contributed by atoms with Crippen LogP contribution in [0.2, 0.25) is 0 Å². The van der Waals surface area contributed by atoms with E-state index in [0.717, 1.165) is 0 Å². The Bertz CT molecular complexity index is 845. The second-order valence-electron chi connectivity index (χ2n) is 6.05. The van der Waals surface area contributed by atoms with Gasteiger partial charge >= 0.3 is 5.97 Å². The standard InChI is InChI=1S/C21H21NO5/c1-14(23)17-9-6-10-18(13-17)22-21(26)15(2)27-20(25)12-11-19(24)16-7-4-3-5-8-16/h3-10,13,15H,11-12H2,1-2H3,(H,22,26)/t15-/m1/s1. The molecule has 2 aromatic carbocycles. The van der Waals surface area contributed by atoms with E-state index in [9.17, 15) is 19.2 Å². The minimum Gasteiger partial charge on any atom is -0.453 e. The number of ketones is 2. The summed E-state index contributed by atoms with van der Waals surface area (Å²) in [5.74, 6) is -1.42. The van der Waals surface area contributed by atoms with Crippen LogP contribution >= 0.6 is 0 Å². The fourth-order valence-corrected chi connectivity index (χ4v) is 2.35. The summed E-state index contributed by atoms with van der Waals surface area (Å²) in [6, 6.07) is 15.1. The summed E-state index contributed by atoms with van der Waals surface area (Å²) in [7, 11) is 0. The van der Waals surface area contributed by atoms with Gasteiger partial charge in [-0.2, -0.15) is 0 Å². The molecule has 0 aliphatic heterocycles. The lowest BCUT2D eigenvalue weighted by molar-refractivity contribution is -0.153. The van der Waals surface area contributed by atoms with E-state index in [4.69, 9.17) is 4.74 Å². The first-order chi connectivity index (χ1) is 12.9. The number of carbonyl (C=O) groups excluding carboxylic acids is 4. The van der Waals surface area contributed by atoms with E-state index < -0.39 is 18.0 Å². The van der Waals surface area contributed by atoms with Crippen LogP contribution < -0.4 is 5.32 Å². The van der Waals surface area contributed by atoms with Crippen LogP contribution in [0.1, 0.15) is 47.4 Å². The molecule has 1 N–H and O–H groups in total. The SMILES string of the molecule is CC(=O)c1cccc(NC(=O)[C@@H](C)OC(=O)CCC(=O)c2ccccc2)c1. The van der Waals surface area contributed by atoms with Gasteiger partial charge in [-0.15, -0.1) is 0 Å². The Hall–Kier alpha value is -3.28. The lowest BCUT2D eigenvalue weighted by atomic mass is 10.1. The van der Waals surface area contributed by atoms with Crippen LogP contribution in [0.3, 0.4) is 0 Å². The van der Waals surface area contributed by atoms with E-state index in [1.165, 1.54) is 13.8 Å². The third kappa shape index (κ3) is 6.18. The topological polar surface area (TPSA) is 89.5 Å². The summed E-state index contributed by atoms with van der Waals surface area (Å²) in [6.45, 7) is 2.88. The quantitative estimate of drug-likeness (QED) is 0.570. The third-order valence-corrected chi connectivity index (χ3v) is 3.87. The molecule has 0 aliphatic rings. The van der Waals surface area contributed by atoms with Crippen LogP contribution in [-0.2, 0) is 14.3 Å². The van der Waals surface area contributed by atoms with E-state index in [1.54, 1.807) is 54.6 Å². The second kappa shape index (κ2) is 9.43. The van der Waals surface area contributed by atoms with Crippen LogP contribution in [0.4, 0.5) is 5.69 Å². The van der Waals surface area contributed by atoms with Gasteiger partial charge in [0, 0.05) is 23.2 Å². The highest BCUT2D eigenvalue weighted by atomic mass is 16.5. The van der Waals surface area contributed by atoms with Crippen molar-refractivity contribution >= 4 is 29.1 Å². The number of carbonyl (C=O) groups is 4. The highest BCUT2D eigenvalue weighted by Crippen LogP contribution is 2.12. The number of hydrogen-bond donors (Lipinski definition) is 1. The largest absolute Gasteiger partial charge is 0.453 e. The van der Waals surface area contributed by atoms with Crippen molar-refractivity contribution in [3.05, 3.63) is 65.7 Å². The Kier molecular flexibility index (Phi) is 7.00. The molecule has 0 radical (unpaired) electrons. The van der Waals surface area contributed by atoms with E-state index in [2.05, 4.69) is 5.32 Å². The molecule has 27 heavy (non-hydrogen) atoms. The molecule has 0 fully saturated rings. The van der Waals surface area contributed by atoms with Crippen LogP contribution in [0.5, 0.6) is 0 Å². The molecule has 2 rings (SSSR count). The van der Waals surface area contributed by atoms with Crippen LogP contribution in [0, 0.1) is 0 Å². The van der Waals surface area contributed by atoms with Crippen molar-refractivity contribution in [2.75, 3.05) is 5.32 Å². The van der Waals surface area contributed by atoms with Crippen molar-refractivity contribution in [3.8, 4) is 0 Å². The molecule has 0 saturated carbocycles. The molecule has 0 aliphatic carbocycles. The number of benzene rings is 2. The maximum absolute atomic E-state index is 12.1. The zero-order chi connectivity index (χ0) is 19.8. The van der Waals surface area contributed by atoms with E-state index in [1.807, 2.05) is 0 Å². The van der Waals surface area contributed by atoms with E-state index in [-0.39, 0.29) is 24.4 Å². The fraction of sp³-hybridized carbons (Fsp3) is 0.238. The van der Waals surface area contributed by atoms with E-state index in [0.29, 0.717) is 16.8 Å². The normalized spacial score (nSPS) is 11.3. The van der Waals surface area contributed by atoms with Crippen molar-refractivity contribution in [1.82, 2.24) is 0 Å². The molecule has 0 heterocycles. The second-order valence-corrected chi connectivity index (χ2v) is 6.05. The molecular formula is C21H21NO5. The molecular weight excluding hydrogens is 346 g/mol. The highest BCUT2D eigenvalue weighted by Gasteiger charge is 2.19. The summed E-state index contributed by atoms with van der Waals surface area (Å²) < 4.78 is 5.08. The number of Topliss-reactive ketones (excluding diaryl/α,β-unsaturated/α-hetero) is 2. The first kappa shape index (κ1) is 20.0. The van der Waals surface area contributed by atoms with Crippen molar-refractivity contribution in [3.63, 3.8) is 0 Å². The molecule has 2 aromatic rings. The number of esters is 1. The van der Waals surface area contributed by atoms with Crippen LogP contribution in [-0.4, -0.2) is 29.5 Å². The van der Waals surface area contributed by atoms with Crippen molar-refractivity contribution in [1.29, 1.82) is 0 Å². The van der Waals surface area contributed by atoms with Gasteiger partial charge in [-0.1, -0.05) is 42.5 Å². The van der Waals surface area contributed by atoms with Gasteiger partial charge in [-0.05, 0) is 26.0 Å². The summed E-state index contributed by atoms with van der Waals surface area (Å²) in [4.78, 5) is 47.4. The fourth-order valence-electron chi connectivity index (χ4n) is 2.35. The number of ether oxygens (including phenoxy) is 1. The Morgan fingerprint density at radius 2 is 1.59 bits per heavy atom. The maximum atomic E-state index is 12.1. The molecule has 0 unspecified atom stereocenters. The molecule has 6 heteroatoms. The number of anilines is 1. The monoisotopic (exact) mass is 367 g/mol. The Morgan fingerprint density at radius 3 is 2.26 bits per heavy atom. The van der Waals surface area contributed by atoms with Gasteiger partial charge in [0.15, 0.2) is 17.7 Å². The first-order valence-electron chi connectivity index (χ1n) is 8.56. The smallest absolute Gasteiger partial charge is 0.307 e. The van der Waals surface area contributed by atoms with Crippen LogP contribution in [0.25, 0.3) is 0 Å². The number of hydrogen-bond acceptors (Lipinski definition) is 5. The van der Waals surface area contributed by atoms with Gasteiger partial charge in [-0.25, -0.2) is 0 Å². The Balaban J connectivity index is 1.83. The summed E-state index contributed by atoms with van der Waals surface area (Å²) in [5, 5.41) is 2.60. The van der Waals surface area contributed by atoms with Gasteiger partial charge in [0.05, 0.1) is 6.42 Å². The third-order valence-electron chi connectivity index (χ3n) is 3.87. The van der Waals surface area contributed by atoms with Gasteiger partial charge in [0.1, 0.15) is 0 Å². The minimum absolute atomic E-state index is 0.0117. The van der Waals surface area contributed by atoms with Crippen molar-refractivity contribution < 1.29 is 23.9 Å². The highest BCUT2D eigenvalue weighted by molar-refractivity contribution is 5.99. The van der Waals surface area contributed by atoms with E-state index >= 15 is 0 Å². The average molecular weight is 367 g/mol. The molecule has 0 saturated heterocycles. The summed E-state index contributed by atoms with van der Waals surface area (Å²) in [6.07, 6.45) is -1.12. The number of amides is 1. The zero-order valence-corrected chi connectivity index (χ0v) is 15.2. The zero-order valence-electron chi connectivity index (χ0n) is 15.2. The molecule has 0 aromatic heterocycles. The minimum atomic E-state index is -1.02. The van der Waals surface area contributed by atoms with Gasteiger partial charge in [0.2, 0.25) is 0 Å². The molecule has 140 valence electrons. The predicted molar refractivity (Wildman–Crippen MR) is 101 cm³/mol. The molecule has 1 amide bonds. The lowest BCUT2D eigenvalue weighted by Crippen LogP contribution is -2.30. The average Bonchev–Trinajstić information content (AvgIpc) is 2.66. The number of nitrogens with one attached hydrogen (secondary N) is 1. The first-order valence-corrected chi connectivity index (χ1v) is 8.56. The summed E-state index contributed by atoms with van der Waals surface area (Å²) >= 11 is 0. The number of rotatable bonds is 8. The molecule has 0 bridgehead atoms. The predicted octanol–water partition coefficient (Wildman–Crippen LogP) is 3.42. The van der Waals surface area contributed by atoms with Gasteiger partial charge < -0.3 is 10.1 Å².